The molecular weight excluding hydrogens is 296 g/mol. The minimum Gasteiger partial charge on any atom is -0.450 e. The van der Waals surface area contributed by atoms with Crippen molar-refractivity contribution < 1.29 is 14.3 Å². The number of nitrogens with one attached hydrogen (secondary N) is 1. The molecule has 126 valence electrons. The zero-order valence-electron chi connectivity index (χ0n) is 13.9. The van der Waals surface area contributed by atoms with Crippen LogP contribution < -0.4 is 10.2 Å². The fourth-order valence-electron chi connectivity index (χ4n) is 2.27. The quantitative estimate of drug-likeness (QED) is 0.918. The summed E-state index contributed by atoms with van der Waals surface area (Å²) in [4.78, 5) is 31.5. The van der Waals surface area contributed by atoms with Crippen LogP contribution in [0, 0.1) is 5.92 Å². The first-order valence-electron chi connectivity index (χ1n) is 7.94. The smallest absolute Gasteiger partial charge is 0.409 e. The van der Waals surface area contributed by atoms with Gasteiger partial charge in [-0.25, -0.2) is 9.78 Å². The van der Waals surface area contributed by atoms with Gasteiger partial charge < -0.3 is 19.9 Å². The number of carbonyl (C=O) groups excluding carboxylic acids is 2. The molecule has 0 aromatic carbocycles. The number of amides is 2. The van der Waals surface area contributed by atoms with Crippen molar-refractivity contribution in [2.24, 2.45) is 5.92 Å². The molecule has 0 atom stereocenters. The van der Waals surface area contributed by atoms with Gasteiger partial charge in [0.15, 0.2) is 0 Å². The summed E-state index contributed by atoms with van der Waals surface area (Å²) in [5.74, 6) is 0.754. The van der Waals surface area contributed by atoms with Crippen LogP contribution in [0.4, 0.5) is 16.3 Å². The molecule has 2 rings (SSSR count). The minimum atomic E-state index is -0.258. The predicted molar refractivity (Wildman–Crippen MR) is 88.5 cm³/mol. The van der Waals surface area contributed by atoms with Crippen molar-refractivity contribution in [3.05, 3.63) is 18.3 Å². The van der Waals surface area contributed by atoms with E-state index in [2.05, 4.69) is 15.2 Å². The van der Waals surface area contributed by atoms with E-state index in [-0.39, 0.29) is 17.9 Å². The number of nitrogens with zero attached hydrogens (tertiary/aromatic N) is 3. The SMILES string of the molecule is CCOC(=O)N1CCN(c2ccc(NC(=O)C(C)C)cn2)CC1. The van der Waals surface area contributed by atoms with Gasteiger partial charge in [-0.05, 0) is 19.1 Å². The highest BCUT2D eigenvalue weighted by Crippen LogP contribution is 2.17. The summed E-state index contributed by atoms with van der Waals surface area (Å²) in [6.45, 7) is 8.55. The molecule has 1 fully saturated rings. The van der Waals surface area contributed by atoms with Gasteiger partial charge in [0.2, 0.25) is 5.91 Å². The van der Waals surface area contributed by atoms with E-state index in [0.29, 0.717) is 38.5 Å². The highest BCUT2D eigenvalue weighted by atomic mass is 16.6. The average molecular weight is 320 g/mol. The number of anilines is 2. The number of carbonyl (C=O) groups is 2. The van der Waals surface area contributed by atoms with Crippen molar-refractivity contribution in [3.8, 4) is 0 Å². The second-order valence-corrected chi connectivity index (χ2v) is 5.72. The zero-order chi connectivity index (χ0) is 16.8. The van der Waals surface area contributed by atoms with Crippen molar-refractivity contribution in [1.29, 1.82) is 0 Å². The van der Waals surface area contributed by atoms with Gasteiger partial charge in [0, 0.05) is 32.1 Å². The Morgan fingerprint density at radius 3 is 2.48 bits per heavy atom. The van der Waals surface area contributed by atoms with Crippen molar-refractivity contribution in [3.63, 3.8) is 0 Å². The lowest BCUT2D eigenvalue weighted by Gasteiger charge is -2.34. The van der Waals surface area contributed by atoms with Gasteiger partial charge >= 0.3 is 6.09 Å². The van der Waals surface area contributed by atoms with Gasteiger partial charge in [-0.3, -0.25) is 4.79 Å². The highest BCUT2D eigenvalue weighted by molar-refractivity contribution is 5.91. The Morgan fingerprint density at radius 2 is 1.96 bits per heavy atom. The summed E-state index contributed by atoms with van der Waals surface area (Å²) in [6.07, 6.45) is 1.40. The Hall–Kier alpha value is -2.31. The van der Waals surface area contributed by atoms with Crippen LogP contribution in [0.1, 0.15) is 20.8 Å². The number of ether oxygens (including phenoxy) is 1. The summed E-state index contributed by atoms with van der Waals surface area (Å²) in [7, 11) is 0. The van der Waals surface area contributed by atoms with Crippen LogP contribution in [0.2, 0.25) is 0 Å². The van der Waals surface area contributed by atoms with Crippen LogP contribution in [-0.4, -0.2) is 54.7 Å². The molecule has 0 aliphatic carbocycles. The third kappa shape index (κ3) is 4.58. The topological polar surface area (TPSA) is 74.8 Å². The van der Waals surface area contributed by atoms with Crippen LogP contribution in [0.3, 0.4) is 0 Å². The maximum atomic E-state index is 11.7. The van der Waals surface area contributed by atoms with E-state index in [4.69, 9.17) is 4.74 Å². The zero-order valence-corrected chi connectivity index (χ0v) is 13.9. The molecule has 0 spiro atoms. The van der Waals surface area contributed by atoms with E-state index in [0.717, 1.165) is 5.82 Å². The molecule has 1 aliphatic rings. The van der Waals surface area contributed by atoms with Crippen LogP contribution in [-0.2, 0) is 9.53 Å². The lowest BCUT2D eigenvalue weighted by Crippen LogP contribution is -2.49. The Labute approximate surface area is 136 Å². The van der Waals surface area contributed by atoms with E-state index in [1.807, 2.05) is 26.0 Å². The molecule has 7 nitrogen and oxygen atoms in total. The van der Waals surface area contributed by atoms with E-state index in [9.17, 15) is 9.59 Å². The molecule has 0 radical (unpaired) electrons. The first-order chi connectivity index (χ1) is 11.0. The first-order valence-corrected chi connectivity index (χ1v) is 7.94. The number of aromatic nitrogens is 1. The van der Waals surface area contributed by atoms with Crippen molar-refractivity contribution in [2.75, 3.05) is 43.0 Å². The third-order valence-electron chi connectivity index (χ3n) is 3.67. The monoisotopic (exact) mass is 320 g/mol. The molecule has 23 heavy (non-hydrogen) atoms. The molecule has 1 aromatic rings. The first kappa shape index (κ1) is 17.1. The molecule has 1 saturated heterocycles. The minimum absolute atomic E-state index is 0.0254. The maximum absolute atomic E-state index is 11.7. The van der Waals surface area contributed by atoms with E-state index >= 15 is 0 Å². The number of hydrogen-bond donors (Lipinski definition) is 1. The summed E-state index contributed by atoms with van der Waals surface area (Å²) in [5, 5.41) is 2.82. The summed E-state index contributed by atoms with van der Waals surface area (Å²) in [5.41, 5.74) is 0.692. The van der Waals surface area contributed by atoms with Crippen LogP contribution in [0.25, 0.3) is 0 Å². The largest absolute Gasteiger partial charge is 0.450 e. The molecule has 0 unspecified atom stereocenters. The summed E-state index contributed by atoms with van der Waals surface area (Å²) < 4.78 is 5.01. The molecule has 2 heterocycles. The fraction of sp³-hybridized carbons (Fsp3) is 0.562. The molecule has 0 bridgehead atoms. The van der Waals surface area contributed by atoms with Crippen molar-refractivity contribution in [1.82, 2.24) is 9.88 Å². The van der Waals surface area contributed by atoms with Crippen LogP contribution >= 0.6 is 0 Å². The van der Waals surface area contributed by atoms with Gasteiger partial charge in [0.05, 0.1) is 18.5 Å². The highest BCUT2D eigenvalue weighted by Gasteiger charge is 2.22. The molecule has 1 N–H and O–H groups in total. The van der Waals surface area contributed by atoms with Crippen molar-refractivity contribution >= 4 is 23.5 Å². The van der Waals surface area contributed by atoms with Crippen molar-refractivity contribution in [2.45, 2.75) is 20.8 Å². The third-order valence-corrected chi connectivity index (χ3v) is 3.67. The molecule has 1 aliphatic heterocycles. The van der Waals surface area contributed by atoms with Crippen LogP contribution in [0.5, 0.6) is 0 Å². The Morgan fingerprint density at radius 1 is 1.26 bits per heavy atom. The van der Waals surface area contributed by atoms with E-state index < -0.39 is 0 Å². The fourth-order valence-corrected chi connectivity index (χ4v) is 2.27. The average Bonchev–Trinajstić information content (AvgIpc) is 2.56. The second-order valence-electron chi connectivity index (χ2n) is 5.72. The normalized spacial score (nSPS) is 14.8. The molecular formula is C16H24N4O3. The van der Waals surface area contributed by atoms with Gasteiger partial charge in [0.25, 0.3) is 0 Å². The van der Waals surface area contributed by atoms with Gasteiger partial charge in [0.1, 0.15) is 5.82 Å². The van der Waals surface area contributed by atoms with Gasteiger partial charge in [-0.2, -0.15) is 0 Å². The van der Waals surface area contributed by atoms with E-state index in [1.54, 1.807) is 18.0 Å². The van der Waals surface area contributed by atoms with Crippen LogP contribution in [0.15, 0.2) is 18.3 Å². The Kier molecular flexibility index (Phi) is 5.78. The molecule has 0 saturated carbocycles. The van der Waals surface area contributed by atoms with E-state index in [1.165, 1.54) is 0 Å². The maximum Gasteiger partial charge on any atom is 0.409 e. The number of pyridine rings is 1. The standard InChI is InChI=1S/C16H24N4O3/c1-4-23-16(22)20-9-7-19(8-10-20)14-6-5-13(11-17-14)18-15(21)12(2)3/h5-6,11-12H,4,7-10H2,1-3H3,(H,18,21). The molecule has 1 aromatic heterocycles. The lowest BCUT2D eigenvalue weighted by atomic mass is 10.2. The number of piperazine rings is 1. The lowest BCUT2D eigenvalue weighted by molar-refractivity contribution is -0.118. The summed E-state index contributed by atoms with van der Waals surface area (Å²) in [6, 6.07) is 3.73. The predicted octanol–water partition coefficient (Wildman–Crippen LogP) is 1.95. The second kappa shape index (κ2) is 7.80. The Balaban J connectivity index is 1.89. The molecule has 2 amide bonds. The summed E-state index contributed by atoms with van der Waals surface area (Å²) >= 11 is 0. The van der Waals surface area contributed by atoms with Gasteiger partial charge in [-0.15, -0.1) is 0 Å². The Bertz CT molecular complexity index is 537. The van der Waals surface area contributed by atoms with Gasteiger partial charge in [-0.1, -0.05) is 13.8 Å². The number of rotatable bonds is 4. The number of hydrogen-bond acceptors (Lipinski definition) is 5. The molecule has 7 heteroatoms.